The molecule has 2 amide bonds. The molecule has 7 nitrogen and oxygen atoms in total. The molecule has 15 heavy (non-hydrogen) atoms. The molecular weight excluding hydrogens is 198 g/mol. The summed E-state index contributed by atoms with van der Waals surface area (Å²) in [5, 5.41) is 11.1. The van der Waals surface area contributed by atoms with Gasteiger partial charge in [0.2, 0.25) is 11.7 Å². The van der Waals surface area contributed by atoms with E-state index in [9.17, 15) is 9.59 Å². The fourth-order valence-electron chi connectivity index (χ4n) is 0.883. The van der Waals surface area contributed by atoms with Crippen molar-refractivity contribution < 1.29 is 9.59 Å². The minimum absolute atomic E-state index is 0.0516. The zero-order valence-electron chi connectivity index (χ0n) is 8.63. The Bertz CT molecular complexity index is 360. The number of carbonyl (C=O) groups is 2. The molecule has 0 aromatic carbocycles. The molecule has 0 atom stereocenters. The van der Waals surface area contributed by atoms with Crippen molar-refractivity contribution in [3.63, 3.8) is 0 Å². The number of amides is 2. The van der Waals surface area contributed by atoms with Crippen LogP contribution >= 0.6 is 0 Å². The van der Waals surface area contributed by atoms with E-state index in [1.54, 1.807) is 0 Å². The third-order valence-corrected chi connectivity index (χ3v) is 1.76. The zero-order valence-corrected chi connectivity index (χ0v) is 8.63. The van der Waals surface area contributed by atoms with Crippen molar-refractivity contribution in [1.29, 1.82) is 0 Å². The highest BCUT2D eigenvalue weighted by Gasteiger charge is 2.12. The number of nitrogens with zero attached hydrogens (tertiary/aromatic N) is 2. The Labute approximate surface area is 86.7 Å². The molecule has 1 aromatic rings. The molecule has 0 aliphatic carbocycles. The highest BCUT2D eigenvalue weighted by Crippen LogP contribution is 1.92. The van der Waals surface area contributed by atoms with E-state index >= 15 is 0 Å². The fraction of sp³-hybridized carbons (Fsp3) is 0.500. The van der Waals surface area contributed by atoms with Gasteiger partial charge in [-0.05, 0) is 0 Å². The quantitative estimate of drug-likeness (QED) is 0.585. The van der Waals surface area contributed by atoms with Crippen LogP contribution in [0.25, 0.3) is 0 Å². The minimum Gasteiger partial charge on any atom is -0.358 e. The number of H-pyrrole nitrogens is 1. The molecule has 0 saturated heterocycles. The van der Waals surface area contributed by atoms with Gasteiger partial charge < -0.3 is 10.6 Å². The van der Waals surface area contributed by atoms with Crippen molar-refractivity contribution in [2.24, 2.45) is 0 Å². The molecule has 0 spiro atoms. The van der Waals surface area contributed by atoms with Crippen LogP contribution in [0.5, 0.6) is 0 Å². The van der Waals surface area contributed by atoms with E-state index in [1.807, 2.05) is 6.92 Å². The third kappa shape index (κ3) is 3.04. The summed E-state index contributed by atoms with van der Waals surface area (Å²) in [6.45, 7) is 1.82. The third-order valence-electron chi connectivity index (χ3n) is 1.76. The SMILES string of the molecule is CCc1nc(C(=O)NCC(=O)NC)n[nH]1. The molecule has 1 rings (SSSR count). The number of carbonyl (C=O) groups excluding carboxylic acids is 2. The summed E-state index contributed by atoms with van der Waals surface area (Å²) >= 11 is 0. The number of aryl methyl sites for hydroxylation is 1. The summed E-state index contributed by atoms with van der Waals surface area (Å²) in [7, 11) is 1.50. The second kappa shape index (κ2) is 5.08. The van der Waals surface area contributed by atoms with E-state index in [1.165, 1.54) is 7.05 Å². The lowest BCUT2D eigenvalue weighted by Gasteiger charge is -2.00. The van der Waals surface area contributed by atoms with Gasteiger partial charge in [0.05, 0.1) is 6.54 Å². The molecule has 1 aromatic heterocycles. The number of nitrogens with one attached hydrogen (secondary N) is 3. The average Bonchev–Trinajstić information content (AvgIpc) is 2.73. The molecule has 3 N–H and O–H groups in total. The van der Waals surface area contributed by atoms with Crippen LogP contribution in [0, 0.1) is 0 Å². The molecule has 0 aliphatic heterocycles. The number of likely N-dealkylation sites (N-methyl/N-ethyl adjacent to an activating group) is 1. The van der Waals surface area contributed by atoms with Crippen LogP contribution in [-0.2, 0) is 11.2 Å². The van der Waals surface area contributed by atoms with Crippen molar-refractivity contribution in [2.45, 2.75) is 13.3 Å². The minimum atomic E-state index is -0.463. The van der Waals surface area contributed by atoms with E-state index < -0.39 is 5.91 Å². The lowest BCUT2D eigenvalue weighted by atomic mass is 10.4. The van der Waals surface area contributed by atoms with E-state index in [0.717, 1.165) is 0 Å². The molecule has 0 unspecified atom stereocenters. The number of hydrogen-bond donors (Lipinski definition) is 3. The Balaban J connectivity index is 2.50. The van der Waals surface area contributed by atoms with E-state index in [2.05, 4.69) is 25.8 Å². The molecule has 0 fully saturated rings. The lowest BCUT2D eigenvalue weighted by molar-refractivity contribution is -0.119. The maximum atomic E-state index is 11.4. The van der Waals surface area contributed by atoms with Crippen LogP contribution < -0.4 is 10.6 Å². The van der Waals surface area contributed by atoms with Gasteiger partial charge >= 0.3 is 0 Å². The Kier molecular flexibility index (Phi) is 3.78. The van der Waals surface area contributed by atoms with E-state index in [4.69, 9.17) is 0 Å². The largest absolute Gasteiger partial charge is 0.358 e. The standard InChI is InChI=1S/C8H13N5O2/c1-3-5-11-7(13-12-5)8(15)10-4-6(14)9-2/h3-4H2,1-2H3,(H,9,14)(H,10,15)(H,11,12,13). The summed E-state index contributed by atoms with van der Waals surface area (Å²) in [5.41, 5.74) is 0. The van der Waals surface area contributed by atoms with Crippen molar-refractivity contribution in [3.8, 4) is 0 Å². The van der Waals surface area contributed by atoms with Crippen LogP contribution in [0.4, 0.5) is 0 Å². The number of aromatic amines is 1. The van der Waals surface area contributed by atoms with Gasteiger partial charge in [-0.25, -0.2) is 4.98 Å². The van der Waals surface area contributed by atoms with Crippen LogP contribution in [0.3, 0.4) is 0 Å². The highest BCUT2D eigenvalue weighted by atomic mass is 16.2. The van der Waals surface area contributed by atoms with Crippen LogP contribution in [0.1, 0.15) is 23.4 Å². The van der Waals surface area contributed by atoms with Crippen molar-refractivity contribution in [3.05, 3.63) is 11.6 Å². The van der Waals surface area contributed by atoms with Gasteiger partial charge in [0.15, 0.2) is 0 Å². The summed E-state index contributed by atoms with van der Waals surface area (Å²) in [6, 6.07) is 0. The normalized spacial score (nSPS) is 9.73. The molecule has 0 bridgehead atoms. The smallest absolute Gasteiger partial charge is 0.291 e. The second-order valence-corrected chi connectivity index (χ2v) is 2.82. The molecule has 0 aliphatic rings. The van der Waals surface area contributed by atoms with Gasteiger partial charge in [-0.1, -0.05) is 6.92 Å². The Morgan fingerprint density at radius 3 is 2.73 bits per heavy atom. The van der Waals surface area contributed by atoms with Gasteiger partial charge in [0.25, 0.3) is 5.91 Å². The topological polar surface area (TPSA) is 99.8 Å². The first-order chi connectivity index (χ1) is 7.17. The van der Waals surface area contributed by atoms with Gasteiger partial charge in [-0.3, -0.25) is 14.7 Å². The molecule has 1 heterocycles. The van der Waals surface area contributed by atoms with Gasteiger partial charge in [0, 0.05) is 13.5 Å². The summed E-state index contributed by atoms with van der Waals surface area (Å²) in [4.78, 5) is 26.1. The van der Waals surface area contributed by atoms with Gasteiger partial charge in [0.1, 0.15) is 5.82 Å². The maximum absolute atomic E-state index is 11.4. The summed E-state index contributed by atoms with van der Waals surface area (Å²) < 4.78 is 0. The number of aromatic nitrogens is 3. The van der Waals surface area contributed by atoms with Crippen molar-refractivity contribution >= 4 is 11.8 Å². The first-order valence-corrected chi connectivity index (χ1v) is 4.57. The van der Waals surface area contributed by atoms with Gasteiger partial charge in [-0.2, -0.15) is 0 Å². The molecule has 0 saturated carbocycles. The summed E-state index contributed by atoms with van der Waals surface area (Å²) in [6.07, 6.45) is 0.676. The monoisotopic (exact) mass is 211 g/mol. The number of rotatable bonds is 4. The van der Waals surface area contributed by atoms with Crippen LogP contribution in [0.15, 0.2) is 0 Å². The fourth-order valence-corrected chi connectivity index (χ4v) is 0.883. The molecular formula is C8H13N5O2. The zero-order chi connectivity index (χ0) is 11.3. The first-order valence-electron chi connectivity index (χ1n) is 4.57. The average molecular weight is 211 g/mol. The molecule has 82 valence electrons. The lowest BCUT2D eigenvalue weighted by Crippen LogP contribution is -2.35. The van der Waals surface area contributed by atoms with Crippen molar-refractivity contribution in [2.75, 3.05) is 13.6 Å². The van der Waals surface area contributed by atoms with Gasteiger partial charge in [-0.15, -0.1) is 5.10 Å². The molecule has 7 heteroatoms. The highest BCUT2D eigenvalue weighted by molar-refractivity contribution is 5.93. The first kappa shape index (κ1) is 11.2. The molecule has 0 radical (unpaired) electrons. The van der Waals surface area contributed by atoms with Crippen molar-refractivity contribution in [1.82, 2.24) is 25.8 Å². The predicted octanol–water partition coefficient (Wildman–Crippen LogP) is -1.16. The van der Waals surface area contributed by atoms with E-state index in [-0.39, 0.29) is 18.3 Å². The van der Waals surface area contributed by atoms with Crippen LogP contribution in [0.2, 0.25) is 0 Å². The van der Waals surface area contributed by atoms with E-state index in [0.29, 0.717) is 12.2 Å². The second-order valence-electron chi connectivity index (χ2n) is 2.82. The maximum Gasteiger partial charge on any atom is 0.291 e. The Hall–Kier alpha value is -1.92. The Morgan fingerprint density at radius 2 is 2.20 bits per heavy atom. The number of hydrogen-bond acceptors (Lipinski definition) is 4. The van der Waals surface area contributed by atoms with Crippen LogP contribution in [-0.4, -0.2) is 40.6 Å². The Morgan fingerprint density at radius 1 is 1.47 bits per heavy atom. The summed E-state index contributed by atoms with van der Waals surface area (Å²) in [5.74, 6) is -0.0417. The predicted molar refractivity (Wildman–Crippen MR) is 52.2 cm³/mol.